The molecule has 3 unspecified atom stereocenters. The summed E-state index contributed by atoms with van der Waals surface area (Å²) in [7, 11) is -9.92. The number of carbonyl (C=O) groups excluding carboxylic acids is 4. The van der Waals surface area contributed by atoms with Gasteiger partial charge in [0.2, 0.25) is 0 Å². The van der Waals surface area contributed by atoms with Gasteiger partial charge in [0.05, 0.1) is 26.4 Å². The smallest absolute Gasteiger partial charge is 0.462 e. The molecule has 0 bridgehead atoms. The van der Waals surface area contributed by atoms with Crippen molar-refractivity contribution in [2.24, 2.45) is 23.7 Å². The summed E-state index contributed by atoms with van der Waals surface area (Å²) in [6, 6.07) is 0. The van der Waals surface area contributed by atoms with E-state index in [0.29, 0.717) is 31.6 Å². The lowest BCUT2D eigenvalue weighted by molar-refractivity contribution is -0.161. The van der Waals surface area contributed by atoms with Crippen LogP contribution in [-0.2, 0) is 65.4 Å². The largest absolute Gasteiger partial charge is 0.472 e. The molecular formula is C83H162O17P2. The minimum atomic E-state index is -4.96. The van der Waals surface area contributed by atoms with Gasteiger partial charge in [0.25, 0.3) is 0 Å². The minimum Gasteiger partial charge on any atom is -0.462 e. The number of carbonyl (C=O) groups is 4. The van der Waals surface area contributed by atoms with Crippen LogP contribution in [0.5, 0.6) is 0 Å². The number of hydrogen-bond acceptors (Lipinski definition) is 15. The Morgan fingerprint density at radius 3 is 0.696 bits per heavy atom. The standard InChI is InChI=1S/C83H162O17P2/c1-9-76(8)62-54-46-37-31-25-19-14-12-10-11-13-15-20-26-32-38-47-55-63-80(85)93-69-78(99-82(87)65-57-49-39-33-27-21-17-16-18-23-29-35-43-51-59-73(2)3)71-97-101(89,90)95-67-77(84)68-96-102(91,92)98-72-79(70-94-81(86)64-56-48-42-41-45-53-61-75(6)7)100-83(88)66-58-50-40-34-28-22-24-30-36-44-52-60-74(4)5/h73-79,84H,9-72H2,1-8H3,(H,89,90)(H,91,92)/t76?,77-,78-,79-/m1/s1. The third kappa shape index (κ3) is 74.9. The van der Waals surface area contributed by atoms with Crippen molar-refractivity contribution < 1.29 is 80.2 Å². The number of aliphatic hydroxyl groups excluding tert-OH is 1. The van der Waals surface area contributed by atoms with Gasteiger partial charge in [-0.05, 0) is 49.4 Å². The quantitative estimate of drug-likeness (QED) is 0.0222. The highest BCUT2D eigenvalue weighted by Crippen LogP contribution is 2.45. The maximum atomic E-state index is 13.1. The van der Waals surface area contributed by atoms with Gasteiger partial charge in [-0.15, -0.1) is 0 Å². The maximum Gasteiger partial charge on any atom is 0.472 e. The summed E-state index contributed by atoms with van der Waals surface area (Å²) in [5.74, 6) is 0.999. The zero-order valence-electron chi connectivity index (χ0n) is 67.2. The lowest BCUT2D eigenvalue weighted by Crippen LogP contribution is -2.30. The van der Waals surface area contributed by atoms with Gasteiger partial charge in [-0.1, -0.05) is 376 Å². The molecule has 606 valence electrons. The van der Waals surface area contributed by atoms with Gasteiger partial charge in [0.15, 0.2) is 12.2 Å². The van der Waals surface area contributed by atoms with E-state index in [1.165, 1.54) is 225 Å². The SMILES string of the molecule is CCC(C)CCCCCCCCCCCCCCCCCCCCC(=O)OC[C@H](COP(=O)(O)OC[C@@H](O)COP(=O)(O)OC[C@@H](COC(=O)CCCCCCCCC(C)C)OC(=O)CCCCCCCCCCCCCC(C)C)OC(=O)CCCCCCCCCCCCCCCCC(C)C. The van der Waals surface area contributed by atoms with E-state index >= 15 is 0 Å². The zero-order chi connectivity index (χ0) is 75.3. The first-order valence-electron chi connectivity index (χ1n) is 42.7. The molecule has 0 aromatic heterocycles. The summed E-state index contributed by atoms with van der Waals surface area (Å²) < 4.78 is 68.7. The Balaban J connectivity index is 5.20. The molecule has 0 aromatic rings. The van der Waals surface area contributed by atoms with E-state index in [1.807, 2.05) is 0 Å². The number of phosphoric ester groups is 2. The van der Waals surface area contributed by atoms with Gasteiger partial charge < -0.3 is 33.8 Å². The number of aliphatic hydroxyl groups is 1. The number of esters is 4. The first-order chi connectivity index (χ1) is 49.1. The number of unbranched alkanes of at least 4 members (excludes halogenated alkanes) is 45. The average Bonchev–Trinajstić information content (AvgIpc) is 0.913. The van der Waals surface area contributed by atoms with Gasteiger partial charge in [-0.3, -0.25) is 37.3 Å². The summed E-state index contributed by atoms with van der Waals surface area (Å²) in [5, 5.41) is 10.6. The van der Waals surface area contributed by atoms with E-state index in [0.717, 1.165) is 114 Å². The molecule has 0 rings (SSSR count). The summed E-state index contributed by atoms with van der Waals surface area (Å²) in [6.07, 6.45) is 59.9. The maximum absolute atomic E-state index is 13.1. The molecule has 0 aromatic carbocycles. The normalized spacial score (nSPS) is 14.3. The number of hydrogen-bond donors (Lipinski definition) is 3. The molecular weight excluding hydrogens is 1330 g/mol. The van der Waals surface area contributed by atoms with Crippen molar-refractivity contribution in [2.75, 3.05) is 39.6 Å². The van der Waals surface area contributed by atoms with Crippen LogP contribution in [0.15, 0.2) is 0 Å². The Hall–Kier alpha value is -1.94. The van der Waals surface area contributed by atoms with E-state index in [-0.39, 0.29) is 25.7 Å². The number of ether oxygens (including phenoxy) is 4. The number of rotatable bonds is 80. The predicted octanol–water partition coefficient (Wildman–Crippen LogP) is 24.8. The molecule has 0 aliphatic rings. The lowest BCUT2D eigenvalue weighted by atomic mass is 9.99. The molecule has 17 nitrogen and oxygen atoms in total. The van der Waals surface area contributed by atoms with E-state index in [1.54, 1.807) is 0 Å². The van der Waals surface area contributed by atoms with Crippen LogP contribution in [-0.4, -0.2) is 96.7 Å². The van der Waals surface area contributed by atoms with Crippen molar-refractivity contribution in [1.29, 1.82) is 0 Å². The van der Waals surface area contributed by atoms with E-state index in [9.17, 15) is 43.2 Å². The fourth-order valence-electron chi connectivity index (χ4n) is 12.8. The monoisotopic (exact) mass is 1490 g/mol. The third-order valence-corrected chi connectivity index (χ3v) is 21.6. The molecule has 6 atom stereocenters. The van der Waals surface area contributed by atoms with Crippen molar-refractivity contribution >= 4 is 39.5 Å². The highest BCUT2D eigenvalue weighted by molar-refractivity contribution is 7.47. The minimum absolute atomic E-state index is 0.105. The van der Waals surface area contributed by atoms with Gasteiger partial charge in [0, 0.05) is 25.7 Å². The van der Waals surface area contributed by atoms with Gasteiger partial charge in [-0.2, -0.15) is 0 Å². The van der Waals surface area contributed by atoms with Crippen molar-refractivity contribution in [2.45, 2.75) is 446 Å². The Morgan fingerprint density at radius 2 is 0.471 bits per heavy atom. The van der Waals surface area contributed by atoms with Crippen LogP contribution >= 0.6 is 15.6 Å². The molecule has 0 saturated carbocycles. The lowest BCUT2D eigenvalue weighted by Gasteiger charge is -2.21. The Bertz CT molecular complexity index is 1990. The summed E-state index contributed by atoms with van der Waals surface area (Å²) in [4.78, 5) is 73.0. The summed E-state index contributed by atoms with van der Waals surface area (Å²) >= 11 is 0. The molecule has 19 heteroatoms. The highest BCUT2D eigenvalue weighted by atomic mass is 31.2. The Labute approximate surface area is 626 Å². The molecule has 0 radical (unpaired) electrons. The van der Waals surface area contributed by atoms with Gasteiger partial charge >= 0.3 is 39.5 Å². The van der Waals surface area contributed by atoms with Crippen molar-refractivity contribution in [3.05, 3.63) is 0 Å². The van der Waals surface area contributed by atoms with Crippen LogP contribution in [0.25, 0.3) is 0 Å². The topological polar surface area (TPSA) is 237 Å². The predicted molar refractivity (Wildman–Crippen MR) is 418 cm³/mol. The van der Waals surface area contributed by atoms with Crippen LogP contribution < -0.4 is 0 Å². The number of phosphoric acid groups is 2. The Kier molecular flexibility index (Phi) is 70.6. The van der Waals surface area contributed by atoms with Crippen LogP contribution in [0.3, 0.4) is 0 Å². The van der Waals surface area contributed by atoms with Crippen LogP contribution in [0.1, 0.15) is 428 Å². The van der Waals surface area contributed by atoms with E-state index in [2.05, 4.69) is 55.4 Å². The fraction of sp³-hybridized carbons (Fsp3) is 0.952. The fourth-order valence-corrected chi connectivity index (χ4v) is 14.3. The van der Waals surface area contributed by atoms with Gasteiger partial charge in [0.1, 0.15) is 19.3 Å². The zero-order valence-corrected chi connectivity index (χ0v) is 69.0. The molecule has 0 fully saturated rings. The Morgan fingerprint density at radius 1 is 0.275 bits per heavy atom. The summed E-state index contributed by atoms with van der Waals surface area (Å²) in [5.41, 5.74) is 0. The van der Waals surface area contributed by atoms with E-state index < -0.39 is 97.5 Å². The first kappa shape index (κ1) is 100. The second-order valence-electron chi connectivity index (χ2n) is 31.5. The second kappa shape index (κ2) is 72.0. The molecule has 0 aliphatic heterocycles. The third-order valence-electron chi connectivity index (χ3n) is 19.7. The second-order valence-corrected chi connectivity index (χ2v) is 34.4. The molecule has 0 saturated heterocycles. The molecule has 0 heterocycles. The van der Waals surface area contributed by atoms with Crippen LogP contribution in [0, 0.1) is 23.7 Å². The molecule has 0 aliphatic carbocycles. The molecule has 3 N–H and O–H groups in total. The molecule has 102 heavy (non-hydrogen) atoms. The average molecular weight is 1490 g/mol. The first-order valence-corrected chi connectivity index (χ1v) is 45.7. The molecule has 0 spiro atoms. The highest BCUT2D eigenvalue weighted by Gasteiger charge is 2.30. The van der Waals surface area contributed by atoms with Crippen LogP contribution in [0.4, 0.5) is 0 Å². The van der Waals surface area contributed by atoms with Crippen molar-refractivity contribution in [3.8, 4) is 0 Å². The van der Waals surface area contributed by atoms with Gasteiger partial charge in [-0.25, -0.2) is 9.13 Å². The van der Waals surface area contributed by atoms with E-state index in [4.69, 9.17) is 37.0 Å². The molecule has 0 amide bonds. The van der Waals surface area contributed by atoms with Crippen LogP contribution in [0.2, 0.25) is 0 Å². The summed E-state index contributed by atoms with van der Waals surface area (Å²) in [6.45, 7) is 14.3. The van der Waals surface area contributed by atoms with Crippen molar-refractivity contribution in [3.63, 3.8) is 0 Å². The van der Waals surface area contributed by atoms with Crippen molar-refractivity contribution in [1.82, 2.24) is 0 Å².